The lowest BCUT2D eigenvalue weighted by Gasteiger charge is -2.32. The molecule has 1 aromatic rings. The summed E-state index contributed by atoms with van der Waals surface area (Å²) in [5.74, 6) is 0.596. The number of ether oxygens (including phenoxy) is 1. The predicted octanol–water partition coefficient (Wildman–Crippen LogP) is 4.14. The second kappa shape index (κ2) is 6.90. The molecule has 0 bridgehead atoms. The maximum absolute atomic E-state index is 11.3. The summed E-state index contributed by atoms with van der Waals surface area (Å²) < 4.78 is 6.35. The van der Waals surface area contributed by atoms with Gasteiger partial charge >= 0.3 is 0 Å². The first kappa shape index (κ1) is 15.8. The van der Waals surface area contributed by atoms with Crippen LogP contribution in [0.1, 0.15) is 25.7 Å². The lowest BCUT2D eigenvalue weighted by Crippen LogP contribution is -2.28. The predicted molar refractivity (Wildman–Crippen MR) is 94.6 cm³/mol. The molecule has 108 valence electrons. The fourth-order valence-corrected chi connectivity index (χ4v) is 3.18. The van der Waals surface area contributed by atoms with Crippen LogP contribution in [0.15, 0.2) is 36.9 Å². The second-order valence-corrected chi connectivity index (χ2v) is 9.50. The first-order valence-corrected chi connectivity index (χ1v) is 8.32. The van der Waals surface area contributed by atoms with E-state index in [1.54, 1.807) is 0 Å². The van der Waals surface area contributed by atoms with Gasteiger partial charge in [0.25, 0.3) is 0 Å². The first-order valence-electron chi connectivity index (χ1n) is 6.66. The highest BCUT2D eigenvalue weighted by Crippen LogP contribution is 2.42. The molecule has 1 saturated carbocycles. The highest BCUT2D eigenvalue weighted by molar-refractivity contribution is 14.1. The number of alkyl halides is 1. The van der Waals surface area contributed by atoms with E-state index in [-0.39, 0.29) is 12.0 Å². The van der Waals surface area contributed by atoms with Crippen molar-refractivity contribution in [2.24, 2.45) is 0 Å². The average Bonchev–Trinajstić information content (AvgIpc) is 2.41. The van der Waals surface area contributed by atoms with Crippen molar-refractivity contribution in [3.63, 3.8) is 0 Å². The van der Waals surface area contributed by atoms with Crippen LogP contribution in [0.4, 0.5) is 5.69 Å². The molecule has 0 aromatic heterocycles. The maximum atomic E-state index is 11.3. The Morgan fingerprint density at radius 2 is 2.20 bits per heavy atom. The smallest absolute Gasteiger partial charge is 0.247 e. The van der Waals surface area contributed by atoms with Gasteiger partial charge in [0.05, 0.1) is 6.10 Å². The van der Waals surface area contributed by atoms with Crippen LogP contribution in [0, 0.1) is 0 Å². The van der Waals surface area contributed by atoms with Crippen LogP contribution in [0.5, 0.6) is 5.75 Å². The number of anilines is 1. The van der Waals surface area contributed by atoms with Gasteiger partial charge in [-0.05, 0) is 43.9 Å². The van der Waals surface area contributed by atoms with Gasteiger partial charge in [-0.25, -0.2) is 0 Å². The minimum Gasteiger partial charge on any atom is -0.490 e. The minimum absolute atomic E-state index is 0.211. The summed E-state index contributed by atoms with van der Waals surface area (Å²) in [5.41, 5.74) is 0.734. The number of hydrogen-bond acceptors (Lipinski definition) is 2. The van der Waals surface area contributed by atoms with E-state index >= 15 is 0 Å². The van der Waals surface area contributed by atoms with Crippen LogP contribution < -0.4 is 10.1 Å². The molecule has 1 aromatic carbocycles. The molecule has 0 heterocycles. The third-order valence-corrected chi connectivity index (χ3v) is 5.01. The summed E-state index contributed by atoms with van der Waals surface area (Å²) in [6.07, 6.45) is 5.95. The third kappa shape index (κ3) is 4.74. The van der Waals surface area contributed by atoms with Crippen molar-refractivity contribution >= 4 is 43.4 Å². The Kier molecular flexibility index (Phi) is 5.44. The number of rotatable bonds is 4. The zero-order valence-electron chi connectivity index (χ0n) is 11.3. The Hall–Kier alpha value is -0.610. The van der Waals surface area contributed by atoms with Crippen LogP contribution in [-0.4, -0.2) is 15.2 Å². The van der Waals surface area contributed by atoms with Crippen LogP contribution in [0.2, 0.25) is 0 Å². The molecule has 1 atom stereocenters. The van der Waals surface area contributed by atoms with E-state index in [1.807, 2.05) is 24.3 Å². The minimum atomic E-state index is -0.211. The Labute approximate surface area is 135 Å². The molecule has 0 saturated heterocycles. The summed E-state index contributed by atoms with van der Waals surface area (Å²) in [4.78, 5) is 11.3. The van der Waals surface area contributed by atoms with Crippen LogP contribution in [0.3, 0.4) is 0 Å². The number of nitrogens with one attached hydrogen (secondary N) is 1. The van der Waals surface area contributed by atoms with Gasteiger partial charge in [-0.1, -0.05) is 35.2 Å². The number of carbonyl (C=O) groups is 1. The fourth-order valence-electron chi connectivity index (χ4n) is 2.22. The van der Waals surface area contributed by atoms with Crippen molar-refractivity contribution in [1.29, 1.82) is 0 Å². The monoisotopic (exact) mass is 403 g/mol. The van der Waals surface area contributed by atoms with E-state index in [4.69, 9.17) is 4.74 Å². The Bertz CT molecular complexity index is 494. The molecular weight excluding hydrogens is 384 g/mol. The van der Waals surface area contributed by atoms with Gasteiger partial charge in [-0.3, -0.25) is 4.79 Å². The largest absolute Gasteiger partial charge is 0.490 e. The normalized spacial score (nSPS) is 25.8. The number of benzene rings is 1. The molecule has 1 aliphatic carbocycles. The van der Waals surface area contributed by atoms with Gasteiger partial charge < -0.3 is 10.1 Å². The van der Waals surface area contributed by atoms with Crippen molar-refractivity contribution in [3.8, 4) is 5.75 Å². The summed E-state index contributed by atoms with van der Waals surface area (Å²) in [6, 6.07) is 7.51. The highest BCUT2D eigenvalue weighted by Gasteiger charge is 2.29. The molecule has 0 aliphatic heterocycles. The SMILES string of the molecule is C=CC(=O)Nc1cccc(OC2CCC(P)(I)CC2)c1. The molecule has 1 N–H and O–H groups in total. The number of amides is 1. The first-order chi connectivity index (χ1) is 9.48. The Balaban J connectivity index is 1.95. The molecule has 3 nitrogen and oxygen atoms in total. The number of carbonyl (C=O) groups excluding carboxylic acids is 1. The zero-order chi connectivity index (χ0) is 14.6. The molecule has 1 unspecified atom stereocenters. The molecule has 2 rings (SSSR count). The lowest BCUT2D eigenvalue weighted by atomic mass is 9.97. The molecule has 0 radical (unpaired) electrons. The Morgan fingerprint density at radius 3 is 2.85 bits per heavy atom. The zero-order valence-corrected chi connectivity index (χ0v) is 14.6. The summed E-state index contributed by atoms with van der Waals surface area (Å²) in [5, 5.41) is 2.74. The van der Waals surface area contributed by atoms with E-state index in [9.17, 15) is 4.79 Å². The summed E-state index contributed by atoms with van der Waals surface area (Å²) in [7, 11) is 2.93. The van der Waals surface area contributed by atoms with Gasteiger partial charge in [0.15, 0.2) is 0 Å². The summed E-state index contributed by atoms with van der Waals surface area (Å²) in [6.45, 7) is 3.44. The van der Waals surface area contributed by atoms with E-state index in [0.717, 1.165) is 37.1 Å². The van der Waals surface area contributed by atoms with Crippen LogP contribution >= 0.6 is 31.8 Å². The third-order valence-electron chi connectivity index (χ3n) is 3.35. The van der Waals surface area contributed by atoms with E-state index in [1.165, 1.54) is 6.08 Å². The topological polar surface area (TPSA) is 38.3 Å². The molecule has 1 fully saturated rings. The van der Waals surface area contributed by atoms with Crippen LogP contribution in [0.25, 0.3) is 0 Å². The van der Waals surface area contributed by atoms with E-state index in [2.05, 4.69) is 43.7 Å². The Morgan fingerprint density at radius 1 is 1.50 bits per heavy atom. The average molecular weight is 403 g/mol. The number of hydrogen-bond donors (Lipinski definition) is 1. The van der Waals surface area contributed by atoms with Gasteiger partial charge in [-0.15, -0.1) is 9.24 Å². The van der Waals surface area contributed by atoms with Gasteiger partial charge in [0.1, 0.15) is 5.75 Å². The van der Waals surface area contributed by atoms with Crippen LogP contribution in [-0.2, 0) is 4.79 Å². The van der Waals surface area contributed by atoms with Gasteiger partial charge in [0, 0.05) is 14.9 Å². The van der Waals surface area contributed by atoms with Crippen molar-refractivity contribution in [3.05, 3.63) is 36.9 Å². The lowest BCUT2D eigenvalue weighted by molar-refractivity contribution is -0.111. The van der Waals surface area contributed by atoms with Crippen molar-refractivity contribution < 1.29 is 9.53 Å². The standard InChI is InChI=1S/C15H19INO2P/c1-2-14(18)17-11-4-3-5-13(10-11)19-12-6-8-15(16,20)9-7-12/h2-5,10,12H,1,6-9,20H2,(H,17,18). The molecule has 20 heavy (non-hydrogen) atoms. The summed E-state index contributed by atoms with van der Waals surface area (Å²) >= 11 is 2.51. The molecular formula is C15H19INO2P. The second-order valence-electron chi connectivity index (χ2n) is 5.07. The van der Waals surface area contributed by atoms with Crippen molar-refractivity contribution in [1.82, 2.24) is 0 Å². The fraction of sp³-hybridized carbons (Fsp3) is 0.400. The molecule has 1 amide bonds. The highest BCUT2D eigenvalue weighted by atomic mass is 127. The van der Waals surface area contributed by atoms with Gasteiger partial charge in [0.2, 0.25) is 5.91 Å². The molecule has 0 spiro atoms. The van der Waals surface area contributed by atoms with E-state index in [0.29, 0.717) is 3.16 Å². The molecule has 5 heteroatoms. The number of halogens is 1. The van der Waals surface area contributed by atoms with Gasteiger partial charge in [-0.2, -0.15) is 0 Å². The molecule has 1 aliphatic rings. The maximum Gasteiger partial charge on any atom is 0.247 e. The van der Waals surface area contributed by atoms with Crippen molar-refractivity contribution in [2.75, 3.05) is 5.32 Å². The quantitative estimate of drug-likeness (QED) is 0.355. The van der Waals surface area contributed by atoms with E-state index < -0.39 is 0 Å². The van der Waals surface area contributed by atoms with Crippen molar-refractivity contribution in [2.45, 2.75) is 35.0 Å².